The average Bonchev–Trinajstić information content (AvgIpc) is 3.71. The Kier molecular flexibility index (Phi) is 7.89. The molecule has 0 unspecified atom stereocenters. The van der Waals surface area contributed by atoms with Gasteiger partial charge >= 0.3 is 0 Å². The van der Waals surface area contributed by atoms with Crippen LogP contribution in [-0.2, 0) is 0 Å². The maximum atomic E-state index is 6.80. The molecule has 0 fully saturated rings. The van der Waals surface area contributed by atoms with Gasteiger partial charge in [-0.05, 0) is 108 Å². The summed E-state index contributed by atoms with van der Waals surface area (Å²) in [4.78, 5) is 2.37. The fraction of sp³-hybridized carbons (Fsp3) is 0. The number of benzene rings is 11. The highest BCUT2D eigenvalue weighted by Crippen LogP contribution is 2.43. The van der Waals surface area contributed by atoms with Crippen molar-refractivity contribution in [2.24, 2.45) is 0 Å². The topological polar surface area (TPSA) is 16.4 Å². The number of fused-ring (bicyclic) bond motifs is 9. The van der Waals surface area contributed by atoms with Gasteiger partial charge in [0, 0.05) is 39.0 Å². The first-order chi connectivity index (χ1) is 29.7. The van der Waals surface area contributed by atoms with E-state index in [0.29, 0.717) is 0 Å². The van der Waals surface area contributed by atoms with E-state index in [0.717, 1.165) is 61.3 Å². The fourth-order valence-corrected chi connectivity index (χ4v) is 9.24. The second kappa shape index (κ2) is 13.9. The van der Waals surface area contributed by atoms with Crippen molar-refractivity contribution in [3.05, 3.63) is 224 Å². The highest BCUT2D eigenvalue weighted by atomic mass is 16.3. The summed E-state index contributed by atoms with van der Waals surface area (Å²) in [5.41, 5.74) is 11.9. The SMILES string of the molecule is c1ccc(-c2cccc3c2oc2c(-c4ccc(N(c5ccc(-c6ccc7ccc8ccccc8c7c6)cc5)c5ccc6ccc7ccccc7c6c5)cc4)cccc23)cc1. The Hall–Kier alpha value is -7.94. The molecule has 0 bridgehead atoms. The van der Waals surface area contributed by atoms with Crippen molar-refractivity contribution in [2.45, 2.75) is 0 Å². The maximum absolute atomic E-state index is 6.80. The third-order valence-electron chi connectivity index (χ3n) is 12.2. The predicted octanol–water partition coefficient (Wildman–Crippen LogP) is 16.7. The van der Waals surface area contributed by atoms with Gasteiger partial charge in [-0.2, -0.15) is 0 Å². The molecule has 0 atom stereocenters. The molecule has 0 aliphatic heterocycles. The molecule has 2 nitrogen and oxygen atoms in total. The largest absolute Gasteiger partial charge is 0.455 e. The van der Waals surface area contributed by atoms with E-state index in [1.54, 1.807) is 0 Å². The second-order valence-electron chi connectivity index (χ2n) is 15.7. The third-order valence-corrected chi connectivity index (χ3v) is 12.2. The zero-order valence-electron chi connectivity index (χ0n) is 32.7. The van der Waals surface area contributed by atoms with E-state index >= 15 is 0 Å². The molecule has 0 saturated heterocycles. The molecule has 60 heavy (non-hydrogen) atoms. The highest BCUT2D eigenvalue weighted by Gasteiger charge is 2.18. The van der Waals surface area contributed by atoms with Crippen LogP contribution >= 0.6 is 0 Å². The van der Waals surface area contributed by atoms with Crippen LogP contribution in [0, 0.1) is 0 Å². The van der Waals surface area contributed by atoms with Gasteiger partial charge in [-0.3, -0.25) is 0 Å². The molecule has 1 heterocycles. The summed E-state index contributed by atoms with van der Waals surface area (Å²) in [6.07, 6.45) is 0. The van der Waals surface area contributed by atoms with E-state index in [1.165, 1.54) is 54.2 Å². The maximum Gasteiger partial charge on any atom is 0.143 e. The lowest BCUT2D eigenvalue weighted by atomic mass is 9.97. The van der Waals surface area contributed by atoms with Crippen molar-refractivity contribution in [3.63, 3.8) is 0 Å². The Bertz CT molecular complexity index is 3580. The molecule has 0 radical (unpaired) electrons. The predicted molar refractivity (Wildman–Crippen MR) is 255 cm³/mol. The van der Waals surface area contributed by atoms with Crippen LogP contribution < -0.4 is 4.90 Å². The van der Waals surface area contributed by atoms with Crippen LogP contribution in [0.5, 0.6) is 0 Å². The lowest BCUT2D eigenvalue weighted by Gasteiger charge is -2.26. The van der Waals surface area contributed by atoms with Gasteiger partial charge in [0.05, 0.1) is 0 Å². The number of para-hydroxylation sites is 2. The zero-order valence-corrected chi connectivity index (χ0v) is 32.7. The van der Waals surface area contributed by atoms with Gasteiger partial charge in [0.1, 0.15) is 11.2 Å². The summed E-state index contributed by atoms with van der Waals surface area (Å²) in [5.74, 6) is 0. The molecule has 11 aromatic carbocycles. The molecule has 0 N–H and O–H groups in total. The van der Waals surface area contributed by atoms with Crippen LogP contribution in [0.3, 0.4) is 0 Å². The Morgan fingerprint density at radius 2 is 0.667 bits per heavy atom. The van der Waals surface area contributed by atoms with Crippen LogP contribution in [-0.4, -0.2) is 0 Å². The molecule has 0 aliphatic carbocycles. The summed E-state index contributed by atoms with van der Waals surface area (Å²) < 4.78 is 6.80. The third kappa shape index (κ3) is 5.65. The summed E-state index contributed by atoms with van der Waals surface area (Å²) in [7, 11) is 0. The smallest absolute Gasteiger partial charge is 0.143 e. The van der Waals surface area contributed by atoms with Crippen molar-refractivity contribution >= 4 is 82.1 Å². The zero-order chi connectivity index (χ0) is 39.6. The first-order valence-electron chi connectivity index (χ1n) is 20.6. The number of nitrogens with zero attached hydrogens (tertiary/aromatic N) is 1. The molecule has 12 rings (SSSR count). The minimum absolute atomic E-state index is 0.902. The Morgan fingerprint density at radius 3 is 1.27 bits per heavy atom. The van der Waals surface area contributed by atoms with Gasteiger partial charge in [-0.25, -0.2) is 0 Å². The number of hydrogen-bond donors (Lipinski definition) is 0. The molecule has 280 valence electrons. The van der Waals surface area contributed by atoms with Crippen molar-refractivity contribution in [2.75, 3.05) is 4.90 Å². The van der Waals surface area contributed by atoms with Gasteiger partial charge in [-0.1, -0.05) is 182 Å². The fourth-order valence-electron chi connectivity index (χ4n) is 9.24. The molecule has 1 aromatic heterocycles. The standard InChI is InChI=1S/C58H37NO/c1-2-10-39(11-3-1)51-16-8-18-53-54-19-9-17-52(58(54)60-57(51)53)42-28-33-47(34-29-42)59(48-35-30-44-23-21-41-13-5-7-15-50(41)56(44)37-48)46-31-26-38(27-32-46)45-25-24-43-22-20-40-12-4-6-14-49(40)55(43)36-45/h1-37H. The van der Waals surface area contributed by atoms with Gasteiger partial charge in [0.25, 0.3) is 0 Å². The van der Waals surface area contributed by atoms with Gasteiger partial charge in [0.2, 0.25) is 0 Å². The molecule has 12 aromatic rings. The van der Waals surface area contributed by atoms with Gasteiger partial charge < -0.3 is 9.32 Å². The summed E-state index contributed by atoms with van der Waals surface area (Å²) in [6, 6.07) is 81.2. The molecule has 0 amide bonds. The lowest BCUT2D eigenvalue weighted by Crippen LogP contribution is -2.09. The van der Waals surface area contributed by atoms with E-state index in [1.807, 2.05) is 0 Å². The van der Waals surface area contributed by atoms with Crippen molar-refractivity contribution in [1.29, 1.82) is 0 Å². The number of furan rings is 1. The Balaban J connectivity index is 0.971. The summed E-state index contributed by atoms with van der Waals surface area (Å²) in [5, 5.41) is 12.3. The van der Waals surface area contributed by atoms with Crippen LogP contribution in [0.15, 0.2) is 229 Å². The molecular weight excluding hydrogens is 727 g/mol. The quantitative estimate of drug-likeness (QED) is 0.157. The monoisotopic (exact) mass is 763 g/mol. The molecular formula is C58H37NO. The number of anilines is 3. The average molecular weight is 764 g/mol. The van der Waals surface area contributed by atoms with Crippen LogP contribution in [0.25, 0.3) is 98.4 Å². The van der Waals surface area contributed by atoms with Crippen LogP contribution in [0.2, 0.25) is 0 Å². The highest BCUT2D eigenvalue weighted by molar-refractivity contribution is 6.13. The van der Waals surface area contributed by atoms with E-state index in [9.17, 15) is 0 Å². The number of rotatable bonds is 6. The molecule has 0 saturated carbocycles. The van der Waals surface area contributed by atoms with E-state index in [2.05, 4.69) is 229 Å². The van der Waals surface area contributed by atoms with Gasteiger partial charge in [-0.15, -0.1) is 0 Å². The van der Waals surface area contributed by atoms with E-state index in [4.69, 9.17) is 4.42 Å². The normalized spacial score (nSPS) is 11.7. The van der Waals surface area contributed by atoms with Gasteiger partial charge in [0.15, 0.2) is 0 Å². The Morgan fingerprint density at radius 1 is 0.250 bits per heavy atom. The molecule has 0 spiro atoms. The Labute approximate surface area is 347 Å². The van der Waals surface area contributed by atoms with E-state index < -0.39 is 0 Å². The summed E-state index contributed by atoms with van der Waals surface area (Å²) in [6.45, 7) is 0. The second-order valence-corrected chi connectivity index (χ2v) is 15.7. The lowest BCUT2D eigenvalue weighted by molar-refractivity contribution is 0.671. The first-order valence-corrected chi connectivity index (χ1v) is 20.6. The number of hydrogen-bond acceptors (Lipinski definition) is 2. The summed E-state index contributed by atoms with van der Waals surface area (Å²) >= 11 is 0. The van der Waals surface area contributed by atoms with Crippen molar-refractivity contribution in [1.82, 2.24) is 0 Å². The molecule has 2 heteroatoms. The first kappa shape index (κ1) is 34.1. The van der Waals surface area contributed by atoms with E-state index in [-0.39, 0.29) is 0 Å². The minimum Gasteiger partial charge on any atom is -0.455 e. The van der Waals surface area contributed by atoms with Crippen LogP contribution in [0.4, 0.5) is 17.1 Å². The van der Waals surface area contributed by atoms with Crippen molar-refractivity contribution < 1.29 is 4.42 Å². The minimum atomic E-state index is 0.902. The van der Waals surface area contributed by atoms with Crippen LogP contribution in [0.1, 0.15) is 0 Å². The molecule has 0 aliphatic rings. The van der Waals surface area contributed by atoms with Crippen molar-refractivity contribution in [3.8, 4) is 33.4 Å².